The van der Waals surface area contributed by atoms with Crippen molar-refractivity contribution in [1.29, 1.82) is 0 Å². The van der Waals surface area contributed by atoms with Gasteiger partial charge in [0.2, 0.25) is 0 Å². The molecule has 1 unspecified atom stereocenters. The molecule has 0 aliphatic heterocycles. The van der Waals surface area contributed by atoms with Gasteiger partial charge in [-0.15, -0.1) is 0 Å². The van der Waals surface area contributed by atoms with Gasteiger partial charge in [-0.05, 0) is 18.1 Å². The second-order valence-corrected chi connectivity index (χ2v) is 4.69. The fourth-order valence-corrected chi connectivity index (χ4v) is 1.73. The summed E-state index contributed by atoms with van der Waals surface area (Å²) in [6, 6.07) is 4.64. The third-order valence-corrected chi connectivity index (χ3v) is 2.89. The highest BCUT2D eigenvalue weighted by Crippen LogP contribution is 2.31. The van der Waals surface area contributed by atoms with E-state index < -0.39 is 6.61 Å². The van der Waals surface area contributed by atoms with Crippen molar-refractivity contribution >= 4 is 5.69 Å². The van der Waals surface area contributed by atoms with Gasteiger partial charge in [-0.3, -0.25) is 0 Å². The van der Waals surface area contributed by atoms with Gasteiger partial charge in [0, 0.05) is 13.2 Å². The normalized spacial score (nSPS) is 12.6. The predicted molar refractivity (Wildman–Crippen MR) is 73.8 cm³/mol. The number of hydrogen-bond donors (Lipinski definition) is 1. The maximum atomic E-state index is 12.4. The lowest BCUT2D eigenvalue weighted by molar-refractivity contribution is -0.0494. The van der Waals surface area contributed by atoms with Crippen molar-refractivity contribution in [3.8, 4) is 11.5 Å². The molecule has 4 nitrogen and oxygen atoms in total. The second-order valence-electron chi connectivity index (χ2n) is 4.69. The molecular weight excluding hydrogens is 268 g/mol. The van der Waals surface area contributed by atoms with Crippen LogP contribution in [0, 0.1) is 5.92 Å². The summed E-state index contributed by atoms with van der Waals surface area (Å²) >= 11 is 0. The Morgan fingerprint density at radius 1 is 1.20 bits per heavy atom. The maximum Gasteiger partial charge on any atom is 0.387 e. The molecule has 1 N–H and O–H groups in total. The molecular formula is C14H21F2NO3. The summed E-state index contributed by atoms with van der Waals surface area (Å²) in [5.74, 6) is 0.914. The average molecular weight is 289 g/mol. The van der Waals surface area contributed by atoms with Crippen LogP contribution in [-0.2, 0) is 4.74 Å². The third-order valence-electron chi connectivity index (χ3n) is 2.89. The van der Waals surface area contributed by atoms with Crippen molar-refractivity contribution in [2.45, 2.75) is 26.5 Å². The second kappa shape index (κ2) is 7.89. The standard InChI is InChI=1S/C14H21F2NO3/c1-9(2)12(8-18-3)17-11-7-10(19-4)5-6-13(11)20-14(15)16/h5-7,9,12,14,17H,8H2,1-4H3. The number of alkyl halides is 2. The van der Waals surface area contributed by atoms with Crippen LogP contribution in [0.4, 0.5) is 14.5 Å². The molecule has 1 aromatic carbocycles. The molecule has 1 atom stereocenters. The number of anilines is 1. The molecule has 6 heteroatoms. The van der Waals surface area contributed by atoms with Crippen LogP contribution < -0.4 is 14.8 Å². The van der Waals surface area contributed by atoms with E-state index in [1.807, 2.05) is 13.8 Å². The van der Waals surface area contributed by atoms with Crippen molar-refractivity contribution in [1.82, 2.24) is 0 Å². The largest absolute Gasteiger partial charge is 0.497 e. The molecule has 0 aromatic heterocycles. The molecule has 0 spiro atoms. The van der Waals surface area contributed by atoms with Gasteiger partial charge >= 0.3 is 6.61 Å². The lowest BCUT2D eigenvalue weighted by Crippen LogP contribution is -2.30. The van der Waals surface area contributed by atoms with E-state index in [0.29, 0.717) is 18.0 Å². The molecule has 0 saturated heterocycles. The fraction of sp³-hybridized carbons (Fsp3) is 0.571. The summed E-state index contributed by atoms with van der Waals surface area (Å²) in [7, 11) is 3.11. The Bertz CT molecular complexity index is 413. The molecule has 1 rings (SSSR count). The molecule has 0 aliphatic carbocycles. The molecule has 0 fully saturated rings. The number of hydrogen-bond acceptors (Lipinski definition) is 4. The van der Waals surface area contributed by atoms with Crippen molar-refractivity contribution in [3.63, 3.8) is 0 Å². The van der Waals surface area contributed by atoms with Gasteiger partial charge < -0.3 is 19.5 Å². The molecule has 114 valence electrons. The molecule has 20 heavy (non-hydrogen) atoms. The Kier molecular flexibility index (Phi) is 6.51. The van der Waals surface area contributed by atoms with E-state index in [9.17, 15) is 8.78 Å². The van der Waals surface area contributed by atoms with Gasteiger partial charge in [0.05, 0.1) is 25.4 Å². The van der Waals surface area contributed by atoms with E-state index in [1.165, 1.54) is 13.2 Å². The van der Waals surface area contributed by atoms with Crippen LogP contribution in [0.25, 0.3) is 0 Å². The fourth-order valence-electron chi connectivity index (χ4n) is 1.73. The summed E-state index contributed by atoms with van der Waals surface area (Å²) in [6.45, 7) is 1.63. The molecule has 0 aliphatic rings. The Morgan fingerprint density at radius 2 is 1.90 bits per heavy atom. The molecule has 0 saturated carbocycles. The lowest BCUT2D eigenvalue weighted by Gasteiger charge is -2.24. The lowest BCUT2D eigenvalue weighted by atomic mass is 10.0. The highest BCUT2D eigenvalue weighted by Gasteiger charge is 2.17. The van der Waals surface area contributed by atoms with Crippen LogP contribution >= 0.6 is 0 Å². The van der Waals surface area contributed by atoms with E-state index in [4.69, 9.17) is 9.47 Å². The van der Waals surface area contributed by atoms with Crippen molar-refractivity contribution in [3.05, 3.63) is 18.2 Å². The Morgan fingerprint density at radius 3 is 2.40 bits per heavy atom. The number of halogens is 2. The van der Waals surface area contributed by atoms with Crippen LogP contribution in [0.2, 0.25) is 0 Å². The average Bonchev–Trinajstić information content (AvgIpc) is 2.39. The van der Waals surface area contributed by atoms with Crippen molar-refractivity contribution in [2.24, 2.45) is 5.92 Å². The van der Waals surface area contributed by atoms with Gasteiger partial charge in [0.1, 0.15) is 11.5 Å². The summed E-state index contributed by atoms with van der Waals surface area (Å²) in [5.41, 5.74) is 0.459. The number of ether oxygens (including phenoxy) is 3. The Labute approximate surface area is 118 Å². The number of nitrogens with one attached hydrogen (secondary N) is 1. The van der Waals surface area contributed by atoms with Crippen LogP contribution in [0.3, 0.4) is 0 Å². The van der Waals surface area contributed by atoms with Crippen molar-refractivity contribution < 1.29 is 23.0 Å². The first-order chi connectivity index (χ1) is 9.47. The number of rotatable bonds is 8. The van der Waals surface area contributed by atoms with Gasteiger partial charge in [-0.25, -0.2) is 0 Å². The van der Waals surface area contributed by atoms with Crippen LogP contribution in [-0.4, -0.2) is 33.5 Å². The number of benzene rings is 1. The van der Waals surface area contributed by atoms with E-state index >= 15 is 0 Å². The Hall–Kier alpha value is -1.56. The zero-order chi connectivity index (χ0) is 15.1. The summed E-state index contributed by atoms with van der Waals surface area (Å²) < 4.78 is 39.6. The minimum absolute atomic E-state index is 0.0212. The maximum absolute atomic E-state index is 12.4. The molecule has 0 bridgehead atoms. The topological polar surface area (TPSA) is 39.7 Å². The van der Waals surface area contributed by atoms with Gasteiger partial charge in [0.25, 0.3) is 0 Å². The highest BCUT2D eigenvalue weighted by atomic mass is 19.3. The number of methoxy groups -OCH3 is 2. The van der Waals surface area contributed by atoms with Crippen LogP contribution in [0.1, 0.15) is 13.8 Å². The van der Waals surface area contributed by atoms with E-state index in [1.54, 1.807) is 19.2 Å². The monoisotopic (exact) mass is 289 g/mol. The predicted octanol–water partition coefficient (Wildman–Crippen LogP) is 3.38. The van der Waals surface area contributed by atoms with Crippen LogP contribution in [0.5, 0.6) is 11.5 Å². The molecule has 0 radical (unpaired) electrons. The molecule has 0 amide bonds. The minimum Gasteiger partial charge on any atom is -0.497 e. The highest BCUT2D eigenvalue weighted by molar-refractivity contribution is 5.60. The van der Waals surface area contributed by atoms with Crippen molar-refractivity contribution in [2.75, 3.05) is 26.1 Å². The summed E-state index contributed by atoms with van der Waals surface area (Å²) in [4.78, 5) is 0. The quantitative estimate of drug-likeness (QED) is 0.796. The minimum atomic E-state index is -2.87. The van der Waals surface area contributed by atoms with E-state index in [0.717, 1.165) is 0 Å². The Balaban J connectivity index is 2.98. The first kappa shape index (κ1) is 16.5. The molecule has 1 aromatic rings. The zero-order valence-corrected chi connectivity index (χ0v) is 12.2. The van der Waals surface area contributed by atoms with E-state index in [2.05, 4.69) is 10.1 Å². The molecule has 0 heterocycles. The first-order valence-corrected chi connectivity index (χ1v) is 6.36. The zero-order valence-electron chi connectivity index (χ0n) is 12.2. The third kappa shape index (κ3) is 4.85. The van der Waals surface area contributed by atoms with E-state index in [-0.39, 0.29) is 17.7 Å². The smallest absolute Gasteiger partial charge is 0.387 e. The first-order valence-electron chi connectivity index (χ1n) is 6.36. The van der Waals surface area contributed by atoms with Crippen LogP contribution in [0.15, 0.2) is 18.2 Å². The summed E-state index contributed by atoms with van der Waals surface area (Å²) in [6.07, 6.45) is 0. The van der Waals surface area contributed by atoms with Gasteiger partial charge in [0.15, 0.2) is 0 Å². The van der Waals surface area contributed by atoms with Gasteiger partial charge in [-0.2, -0.15) is 8.78 Å². The summed E-state index contributed by atoms with van der Waals surface area (Å²) in [5, 5.41) is 3.16. The van der Waals surface area contributed by atoms with Gasteiger partial charge in [-0.1, -0.05) is 13.8 Å². The SMILES string of the molecule is COCC(Nc1cc(OC)ccc1OC(F)F)C(C)C.